The van der Waals surface area contributed by atoms with Gasteiger partial charge in [0.05, 0.1) is 5.88 Å². The van der Waals surface area contributed by atoms with Crippen LogP contribution in [-0.4, -0.2) is 14.5 Å². The summed E-state index contributed by atoms with van der Waals surface area (Å²) in [4.78, 5) is 9.08. The Hall–Kier alpha value is -0.610. The SMILES string of the molecule is ClCc1nc2cc(Br)cnc2n1CCCC1CCCC1. The number of imidazole rings is 1. The molecule has 0 N–H and O–H groups in total. The van der Waals surface area contributed by atoms with Crippen molar-refractivity contribution in [3.05, 3.63) is 22.6 Å². The first kappa shape index (κ1) is 14.3. The molecule has 2 aromatic heterocycles. The van der Waals surface area contributed by atoms with Crippen LogP contribution < -0.4 is 0 Å². The highest BCUT2D eigenvalue weighted by Gasteiger charge is 2.16. The predicted molar refractivity (Wildman–Crippen MR) is 86.0 cm³/mol. The molecule has 20 heavy (non-hydrogen) atoms. The number of halogens is 2. The maximum Gasteiger partial charge on any atom is 0.160 e. The molecule has 0 saturated heterocycles. The minimum atomic E-state index is 0.442. The van der Waals surface area contributed by atoms with Crippen LogP contribution in [0, 0.1) is 5.92 Å². The smallest absolute Gasteiger partial charge is 0.160 e. The number of alkyl halides is 1. The monoisotopic (exact) mass is 355 g/mol. The molecule has 5 heteroatoms. The quantitative estimate of drug-likeness (QED) is 0.713. The Morgan fingerprint density at radius 1 is 1.35 bits per heavy atom. The average molecular weight is 357 g/mol. The molecule has 1 saturated carbocycles. The Morgan fingerprint density at radius 3 is 2.90 bits per heavy atom. The topological polar surface area (TPSA) is 30.7 Å². The van der Waals surface area contributed by atoms with Crippen molar-refractivity contribution in [1.82, 2.24) is 14.5 Å². The molecule has 3 rings (SSSR count). The second kappa shape index (κ2) is 6.44. The molecule has 2 aromatic rings. The van der Waals surface area contributed by atoms with E-state index in [9.17, 15) is 0 Å². The van der Waals surface area contributed by atoms with E-state index in [0.717, 1.165) is 33.9 Å². The van der Waals surface area contributed by atoms with Crippen molar-refractivity contribution < 1.29 is 0 Å². The lowest BCUT2D eigenvalue weighted by molar-refractivity contribution is 0.458. The second-order valence-corrected chi connectivity index (χ2v) is 6.79. The highest BCUT2D eigenvalue weighted by Crippen LogP contribution is 2.29. The number of aromatic nitrogens is 3. The van der Waals surface area contributed by atoms with Crippen LogP contribution in [0.25, 0.3) is 11.2 Å². The van der Waals surface area contributed by atoms with Crippen molar-refractivity contribution in [1.29, 1.82) is 0 Å². The second-order valence-electron chi connectivity index (χ2n) is 5.60. The molecule has 1 aliphatic carbocycles. The lowest BCUT2D eigenvalue weighted by Crippen LogP contribution is -2.05. The molecule has 0 amide bonds. The summed E-state index contributed by atoms with van der Waals surface area (Å²) >= 11 is 9.47. The van der Waals surface area contributed by atoms with Crippen LogP contribution in [0.1, 0.15) is 44.3 Å². The largest absolute Gasteiger partial charge is 0.312 e. The first-order valence-corrected chi connectivity index (χ1v) is 8.67. The lowest BCUT2D eigenvalue weighted by atomic mass is 10.0. The fourth-order valence-corrected chi connectivity index (χ4v) is 3.73. The summed E-state index contributed by atoms with van der Waals surface area (Å²) in [5.41, 5.74) is 1.88. The molecule has 108 valence electrons. The van der Waals surface area contributed by atoms with Gasteiger partial charge in [0, 0.05) is 17.2 Å². The van der Waals surface area contributed by atoms with E-state index < -0.39 is 0 Å². The summed E-state index contributed by atoms with van der Waals surface area (Å²) in [6.07, 6.45) is 10.0. The number of aryl methyl sites for hydroxylation is 1. The van der Waals surface area contributed by atoms with Crippen molar-refractivity contribution in [2.75, 3.05) is 0 Å². The molecule has 0 spiro atoms. The maximum atomic E-state index is 6.03. The molecule has 0 unspecified atom stereocenters. The number of hydrogen-bond acceptors (Lipinski definition) is 2. The summed E-state index contributed by atoms with van der Waals surface area (Å²) in [6, 6.07) is 2.01. The maximum absolute atomic E-state index is 6.03. The van der Waals surface area contributed by atoms with Gasteiger partial charge in [-0.15, -0.1) is 11.6 Å². The van der Waals surface area contributed by atoms with Crippen molar-refractivity contribution in [3.63, 3.8) is 0 Å². The van der Waals surface area contributed by atoms with E-state index >= 15 is 0 Å². The summed E-state index contributed by atoms with van der Waals surface area (Å²) in [7, 11) is 0. The number of nitrogens with zero attached hydrogens (tertiary/aromatic N) is 3. The normalized spacial score (nSPS) is 16.3. The highest BCUT2D eigenvalue weighted by atomic mass is 79.9. The van der Waals surface area contributed by atoms with Gasteiger partial charge in [0.15, 0.2) is 5.65 Å². The molecule has 3 nitrogen and oxygen atoms in total. The van der Waals surface area contributed by atoms with Crippen molar-refractivity contribution >= 4 is 38.7 Å². The van der Waals surface area contributed by atoms with Crippen LogP contribution in [0.15, 0.2) is 16.7 Å². The summed E-state index contributed by atoms with van der Waals surface area (Å²) in [6.45, 7) is 0.976. The van der Waals surface area contributed by atoms with Gasteiger partial charge in [0.1, 0.15) is 11.3 Å². The highest BCUT2D eigenvalue weighted by molar-refractivity contribution is 9.10. The van der Waals surface area contributed by atoms with Gasteiger partial charge < -0.3 is 4.57 Å². The Labute approximate surface area is 132 Å². The van der Waals surface area contributed by atoms with Gasteiger partial charge in [-0.25, -0.2) is 9.97 Å². The van der Waals surface area contributed by atoms with E-state index in [1.54, 1.807) is 0 Å². The molecule has 0 bridgehead atoms. The standard InChI is InChI=1S/C15H19BrClN3/c16-12-8-13-15(18-10-12)20(14(9-17)19-13)7-3-6-11-4-1-2-5-11/h8,10-11H,1-7,9H2. The minimum Gasteiger partial charge on any atom is -0.312 e. The number of rotatable bonds is 5. The molecule has 0 aromatic carbocycles. The average Bonchev–Trinajstić information content (AvgIpc) is 3.06. The summed E-state index contributed by atoms with van der Waals surface area (Å²) < 4.78 is 3.14. The fourth-order valence-electron chi connectivity index (χ4n) is 3.21. The third-order valence-corrected chi connectivity index (χ3v) is 4.89. The zero-order chi connectivity index (χ0) is 13.9. The Bertz CT molecular complexity index is 590. The fraction of sp³-hybridized carbons (Fsp3) is 0.600. The van der Waals surface area contributed by atoms with Crippen molar-refractivity contribution in [3.8, 4) is 0 Å². The summed E-state index contributed by atoms with van der Waals surface area (Å²) in [5.74, 6) is 2.31. The van der Waals surface area contributed by atoms with Crippen LogP contribution in [0.4, 0.5) is 0 Å². The number of pyridine rings is 1. The third-order valence-electron chi connectivity index (χ3n) is 4.22. The minimum absolute atomic E-state index is 0.442. The molecule has 2 heterocycles. The van der Waals surface area contributed by atoms with E-state index in [1.807, 2.05) is 12.3 Å². The molecule has 0 radical (unpaired) electrons. The van der Waals surface area contributed by atoms with E-state index in [2.05, 4.69) is 30.5 Å². The molecular formula is C15H19BrClN3. The van der Waals surface area contributed by atoms with E-state index in [4.69, 9.17) is 11.6 Å². The first-order valence-electron chi connectivity index (χ1n) is 7.34. The van der Waals surface area contributed by atoms with Gasteiger partial charge >= 0.3 is 0 Å². The molecule has 0 atom stereocenters. The Kier molecular flexibility index (Phi) is 4.61. The zero-order valence-electron chi connectivity index (χ0n) is 11.5. The van der Waals surface area contributed by atoms with Crippen LogP contribution in [0.2, 0.25) is 0 Å². The van der Waals surface area contributed by atoms with Gasteiger partial charge in [-0.2, -0.15) is 0 Å². The summed E-state index contributed by atoms with van der Waals surface area (Å²) in [5, 5.41) is 0. The van der Waals surface area contributed by atoms with E-state index in [1.165, 1.54) is 38.5 Å². The van der Waals surface area contributed by atoms with Crippen LogP contribution in [-0.2, 0) is 12.4 Å². The molecular weight excluding hydrogens is 338 g/mol. The van der Waals surface area contributed by atoms with Gasteiger partial charge in [0.2, 0.25) is 0 Å². The van der Waals surface area contributed by atoms with E-state index in [0.29, 0.717) is 5.88 Å². The lowest BCUT2D eigenvalue weighted by Gasteiger charge is -2.10. The first-order chi connectivity index (χ1) is 9.78. The predicted octanol–water partition coefficient (Wildman–Crippen LogP) is 4.90. The van der Waals surface area contributed by atoms with Gasteiger partial charge in [0.25, 0.3) is 0 Å². The zero-order valence-corrected chi connectivity index (χ0v) is 13.8. The van der Waals surface area contributed by atoms with Crippen LogP contribution >= 0.6 is 27.5 Å². The molecule has 1 aliphatic rings. The Morgan fingerprint density at radius 2 is 2.15 bits per heavy atom. The van der Waals surface area contributed by atoms with Gasteiger partial charge in [-0.1, -0.05) is 25.7 Å². The number of hydrogen-bond donors (Lipinski definition) is 0. The van der Waals surface area contributed by atoms with E-state index in [-0.39, 0.29) is 0 Å². The van der Waals surface area contributed by atoms with Crippen LogP contribution in [0.5, 0.6) is 0 Å². The Balaban J connectivity index is 1.75. The third kappa shape index (κ3) is 3.01. The van der Waals surface area contributed by atoms with Gasteiger partial charge in [-0.3, -0.25) is 0 Å². The molecule has 1 fully saturated rings. The van der Waals surface area contributed by atoms with Crippen molar-refractivity contribution in [2.24, 2.45) is 5.92 Å². The van der Waals surface area contributed by atoms with Crippen LogP contribution in [0.3, 0.4) is 0 Å². The number of fused-ring (bicyclic) bond motifs is 1. The van der Waals surface area contributed by atoms with Crippen molar-refractivity contribution in [2.45, 2.75) is 50.9 Å². The molecule has 0 aliphatic heterocycles. The van der Waals surface area contributed by atoms with Gasteiger partial charge in [-0.05, 0) is 40.8 Å².